The SMILES string of the molecule is CC(F)(F)CCN1CC(CC#N)C1. The van der Waals surface area contributed by atoms with E-state index in [1.807, 2.05) is 4.90 Å². The van der Waals surface area contributed by atoms with Crippen molar-refractivity contribution >= 4 is 0 Å². The Labute approximate surface area is 77.1 Å². The van der Waals surface area contributed by atoms with E-state index in [4.69, 9.17) is 5.26 Å². The van der Waals surface area contributed by atoms with Crippen LogP contribution in [0.3, 0.4) is 0 Å². The lowest BCUT2D eigenvalue weighted by Crippen LogP contribution is -2.47. The van der Waals surface area contributed by atoms with Crippen molar-refractivity contribution in [2.75, 3.05) is 19.6 Å². The highest BCUT2D eigenvalue weighted by Crippen LogP contribution is 2.22. The van der Waals surface area contributed by atoms with Crippen LogP contribution in [0, 0.1) is 17.2 Å². The zero-order valence-electron chi connectivity index (χ0n) is 7.76. The molecule has 0 aromatic heterocycles. The van der Waals surface area contributed by atoms with Crippen LogP contribution in [0.1, 0.15) is 19.8 Å². The molecule has 0 aliphatic carbocycles. The second kappa shape index (κ2) is 4.01. The van der Waals surface area contributed by atoms with Gasteiger partial charge in [-0.1, -0.05) is 0 Å². The lowest BCUT2D eigenvalue weighted by atomic mass is 9.97. The van der Waals surface area contributed by atoms with Gasteiger partial charge in [-0.25, -0.2) is 8.78 Å². The topological polar surface area (TPSA) is 27.0 Å². The number of halogens is 2. The van der Waals surface area contributed by atoms with Crippen LogP contribution in [0.4, 0.5) is 8.78 Å². The van der Waals surface area contributed by atoms with Crippen LogP contribution in [0.15, 0.2) is 0 Å². The molecule has 0 N–H and O–H groups in total. The summed E-state index contributed by atoms with van der Waals surface area (Å²) in [5.74, 6) is -2.14. The van der Waals surface area contributed by atoms with Gasteiger partial charge in [0.1, 0.15) is 0 Å². The molecule has 1 saturated heterocycles. The van der Waals surface area contributed by atoms with Crippen molar-refractivity contribution in [3.8, 4) is 6.07 Å². The van der Waals surface area contributed by atoms with Crippen LogP contribution in [-0.4, -0.2) is 30.5 Å². The molecule has 1 aliphatic heterocycles. The predicted octanol–water partition coefficient (Wildman–Crippen LogP) is 1.88. The molecule has 1 heterocycles. The third-order valence-electron chi connectivity index (χ3n) is 2.28. The molecule has 0 aromatic rings. The summed E-state index contributed by atoms with van der Waals surface area (Å²) in [6, 6.07) is 2.09. The molecule has 1 rings (SSSR count). The number of rotatable bonds is 4. The summed E-state index contributed by atoms with van der Waals surface area (Å²) in [7, 11) is 0. The Kier molecular flexibility index (Phi) is 3.21. The lowest BCUT2D eigenvalue weighted by Gasteiger charge is -2.38. The molecular formula is C9H14F2N2. The summed E-state index contributed by atoms with van der Waals surface area (Å²) in [6.45, 7) is 3.01. The third-order valence-corrected chi connectivity index (χ3v) is 2.28. The fourth-order valence-electron chi connectivity index (χ4n) is 1.47. The van der Waals surface area contributed by atoms with Crippen LogP contribution in [0.25, 0.3) is 0 Å². The molecule has 1 fully saturated rings. The molecule has 13 heavy (non-hydrogen) atoms. The molecule has 0 spiro atoms. The molecule has 0 radical (unpaired) electrons. The fourth-order valence-corrected chi connectivity index (χ4v) is 1.47. The van der Waals surface area contributed by atoms with Gasteiger partial charge >= 0.3 is 0 Å². The minimum Gasteiger partial charge on any atom is -0.302 e. The summed E-state index contributed by atoms with van der Waals surface area (Å²) in [5.41, 5.74) is 0. The maximum absolute atomic E-state index is 12.4. The van der Waals surface area contributed by atoms with E-state index in [0.717, 1.165) is 20.0 Å². The predicted molar refractivity (Wildman–Crippen MR) is 45.4 cm³/mol. The van der Waals surface area contributed by atoms with E-state index in [1.165, 1.54) is 0 Å². The molecule has 0 amide bonds. The minimum absolute atomic E-state index is 0.0771. The average Bonchev–Trinajstić information content (AvgIpc) is 1.91. The second-order valence-electron chi connectivity index (χ2n) is 3.81. The first kappa shape index (κ1) is 10.4. The second-order valence-corrected chi connectivity index (χ2v) is 3.81. The highest BCUT2D eigenvalue weighted by Gasteiger charge is 2.29. The maximum atomic E-state index is 12.4. The van der Waals surface area contributed by atoms with Crippen molar-refractivity contribution < 1.29 is 8.78 Å². The zero-order chi connectivity index (χ0) is 9.90. The van der Waals surface area contributed by atoms with Gasteiger partial charge in [-0.15, -0.1) is 0 Å². The smallest absolute Gasteiger partial charge is 0.246 e. The fraction of sp³-hybridized carbons (Fsp3) is 0.889. The molecule has 2 nitrogen and oxygen atoms in total. The van der Waals surface area contributed by atoms with Crippen LogP contribution < -0.4 is 0 Å². The summed E-state index contributed by atoms with van der Waals surface area (Å²) in [5, 5.41) is 8.36. The van der Waals surface area contributed by atoms with Crippen LogP contribution >= 0.6 is 0 Å². The van der Waals surface area contributed by atoms with Gasteiger partial charge in [-0.3, -0.25) is 0 Å². The summed E-state index contributed by atoms with van der Waals surface area (Å²) in [4.78, 5) is 1.97. The number of alkyl halides is 2. The van der Waals surface area contributed by atoms with Crippen molar-refractivity contribution in [2.24, 2.45) is 5.92 Å². The summed E-state index contributed by atoms with van der Waals surface area (Å²) < 4.78 is 24.8. The Morgan fingerprint density at radius 1 is 1.54 bits per heavy atom. The van der Waals surface area contributed by atoms with Gasteiger partial charge in [0.25, 0.3) is 0 Å². The normalized spacial score (nSPS) is 19.5. The zero-order valence-corrected chi connectivity index (χ0v) is 7.76. The van der Waals surface area contributed by atoms with Crippen LogP contribution in [0.5, 0.6) is 0 Å². The van der Waals surface area contributed by atoms with Gasteiger partial charge in [0.15, 0.2) is 0 Å². The molecule has 0 saturated carbocycles. The van der Waals surface area contributed by atoms with E-state index < -0.39 is 5.92 Å². The van der Waals surface area contributed by atoms with E-state index >= 15 is 0 Å². The third kappa shape index (κ3) is 3.69. The highest BCUT2D eigenvalue weighted by atomic mass is 19.3. The van der Waals surface area contributed by atoms with Crippen molar-refractivity contribution in [3.63, 3.8) is 0 Å². The monoisotopic (exact) mass is 188 g/mol. The highest BCUT2D eigenvalue weighted by molar-refractivity contribution is 4.87. The van der Waals surface area contributed by atoms with E-state index in [9.17, 15) is 8.78 Å². The van der Waals surface area contributed by atoms with Gasteiger partial charge in [-0.2, -0.15) is 5.26 Å². The summed E-state index contributed by atoms with van der Waals surface area (Å²) >= 11 is 0. The van der Waals surface area contributed by atoms with E-state index in [2.05, 4.69) is 6.07 Å². The Morgan fingerprint density at radius 3 is 2.62 bits per heavy atom. The first-order valence-electron chi connectivity index (χ1n) is 4.48. The Hall–Kier alpha value is -0.690. The number of hydrogen-bond donors (Lipinski definition) is 0. The summed E-state index contributed by atoms with van der Waals surface area (Å²) in [6.07, 6.45) is 0.477. The van der Waals surface area contributed by atoms with Crippen molar-refractivity contribution in [1.82, 2.24) is 4.90 Å². The number of nitriles is 1. The lowest BCUT2D eigenvalue weighted by molar-refractivity contribution is -0.0105. The molecule has 74 valence electrons. The van der Waals surface area contributed by atoms with Crippen LogP contribution in [0.2, 0.25) is 0 Å². The molecule has 0 unspecified atom stereocenters. The Balaban J connectivity index is 2.06. The Bertz CT molecular complexity index is 199. The first-order valence-corrected chi connectivity index (χ1v) is 4.48. The van der Waals surface area contributed by atoms with Crippen LogP contribution in [-0.2, 0) is 0 Å². The van der Waals surface area contributed by atoms with Gasteiger partial charge in [-0.05, 0) is 12.8 Å². The molecule has 0 atom stereocenters. The first-order chi connectivity index (χ1) is 6.01. The van der Waals surface area contributed by atoms with Crippen molar-refractivity contribution in [2.45, 2.75) is 25.7 Å². The van der Waals surface area contributed by atoms with E-state index in [1.54, 1.807) is 0 Å². The van der Waals surface area contributed by atoms with Gasteiger partial charge < -0.3 is 4.90 Å². The molecular weight excluding hydrogens is 174 g/mol. The van der Waals surface area contributed by atoms with Gasteiger partial charge in [0.2, 0.25) is 5.92 Å². The number of hydrogen-bond acceptors (Lipinski definition) is 2. The molecule has 1 aliphatic rings. The standard InChI is InChI=1S/C9H14F2N2/c1-9(10,11)3-5-13-6-8(7-13)2-4-12/h8H,2-3,5-7H2,1H3. The average molecular weight is 188 g/mol. The Morgan fingerprint density at radius 2 is 2.15 bits per heavy atom. The van der Waals surface area contributed by atoms with Crippen molar-refractivity contribution in [1.29, 1.82) is 5.26 Å². The maximum Gasteiger partial charge on any atom is 0.246 e. The van der Waals surface area contributed by atoms with E-state index in [-0.39, 0.29) is 6.42 Å². The molecule has 0 aromatic carbocycles. The van der Waals surface area contributed by atoms with Gasteiger partial charge in [0.05, 0.1) is 6.07 Å². The van der Waals surface area contributed by atoms with E-state index in [0.29, 0.717) is 18.9 Å². The largest absolute Gasteiger partial charge is 0.302 e. The van der Waals surface area contributed by atoms with Crippen molar-refractivity contribution in [3.05, 3.63) is 0 Å². The van der Waals surface area contributed by atoms with Gasteiger partial charge in [0, 0.05) is 32.5 Å². The number of likely N-dealkylation sites (tertiary alicyclic amines) is 1. The molecule has 4 heteroatoms. The minimum atomic E-state index is -2.56. The number of nitrogens with zero attached hydrogens (tertiary/aromatic N) is 2. The molecule has 0 bridgehead atoms. The quantitative estimate of drug-likeness (QED) is 0.673.